The Balaban J connectivity index is 3.23. The minimum absolute atomic E-state index is 0.184. The highest BCUT2D eigenvalue weighted by molar-refractivity contribution is 5.93. The zero-order valence-corrected chi connectivity index (χ0v) is 11.2. The number of anilines is 1. The molecule has 0 amide bonds. The molecule has 0 saturated heterocycles. The van der Waals surface area contributed by atoms with Gasteiger partial charge in [0.2, 0.25) is 5.88 Å². The van der Waals surface area contributed by atoms with Gasteiger partial charge < -0.3 is 15.2 Å². The van der Waals surface area contributed by atoms with Crippen LogP contribution in [0, 0.1) is 0 Å². The Bertz CT molecular complexity index is 507. The van der Waals surface area contributed by atoms with Crippen molar-refractivity contribution in [2.45, 2.75) is 25.9 Å². The van der Waals surface area contributed by atoms with Gasteiger partial charge in [-0.2, -0.15) is 0 Å². The number of halogens is 2. The SMILES string of the molecule is C=CCC(C)Oc1nc(C(=O)OC)c(N)cc1C(F)F. The van der Waals surface area contributed by atoms with Gasteiger partial charge in [-0.25, -0.2) is 18.6 Å². The average Bonchev–Trinajstić information content (AvgIpc) is 2.39. The fraction of sp³-hybridized carbons (Fsp3) is 0.385. The second kappa shape index (κ2) is 6.83. The smallest absolute Gasteiger partial charge is 0.358 e. The molecule has 7 heteroatoms. The third-order valence-electron chi connectivity index (χ3n) is 2.47. The first-order valence-electron chi connectivity index (χ1n) is 5.85. The van der Waals surface area contributed by atoms with Crippen molar-refractivity contribution in [1.82, 2.24) is 4.98 Å². The summed E-state index contributed by atoms with van der Waals surface area (Å²) in [7, 11) is 1.14. The van der Waals surface area contributed by atoms with E-state index in [1.807, 2.05) is 0 Å². The van der Waals surface area contributed by atoms with Crippen LogP contribution in [-0.4, -0.2) is 24.2 Å². The maximum Gasteiger partial charge on any atom is 0.358 e. The van der Waals surface area contributed by atoms with E-state index in [1.165, 1.54) is 0 Å². The molecule has 0 aromatic carbocycles. The maximum atomic E-state index is 12.9. The highest BCUT2D eigenvalue weighted by atomic mass is 19.3. The summed E-state index contributed by atoms with van der Waals surface area (Å²) < 4.78 is 35.7. The van der Waals surface area contributed by atoms with Crippen LogP contribution in [0.1, 0.15) is 35.8 Å². The van der Waals surface area contributed by atoms with Crippen molar-refractivity contribution in [2.24, 2.45) is 0 Å². The lowest BCUT2D eigenvalue weighted by molar-refractivity contribution is 0.0592. The lowest BCUT2D eigenvalue weighted by atomic mass is 10.2. The van der Waals surface area contributed by atoms with E-state index in [1.54, 1.807) is 13.0 Å². The molecule has 0 radical (unpaired) electrons. The van der Waals surface area contributed by atoms with Crippen LogP contribution in [0.3, 0.4) is 0 Å². The second-order valence-corrected chi connectivity index (χ2v) is 4.07. The fourth-order valence-electron chi connectivity index (χ4n) is 1.51. The normalized spacial score (nSPS) is 12.1. The summed E-state index contributed by atoms with van der Waals surface area (Å²) in [6.45, 7) is 5.20. The first-order valence-corrected chi connectivity index (χ1v) is 5.85. The zero-order valence-electron chi connectivity index (χ0n) is 11.2. The molecule has 1 rings (SSSR count). The van der Waals surface area contributed by atoms with Crippen molar-refractivity contribution in [3.8, 4) is 5.88 Å². The maximum absolute atomic E-state index is 12.9. The first-order chi connectivity index (χ1) is 9.40. The third-order valence-corrected chi connectivity index (χ3v) is 2.47. The summed E-state index contributed by atoms with van der Waals surface area (Å²) in [6, 6.07) is 0.972. The van der Waals surface area contributed by atoms with E-state index in [0.717, 1.165) is 13.2 Å². The van der Waals surface area contributed by atoms with Crippen molar-refractivity contribution in [3.63, 3.8) is 0 Å². The van der Waals surface area contributed by atoms with Gasteiger partial charge >= 0.3 is 5.97 Å². The molecule has 0 fully saturated rings. The molecule has 0 aliphatic rings. The van der Waals surface area contributed by atoms with Gasteiger partial charge in [-0.3, -0.25) is 0 Å². The number of hydrogen-bond acceptors (Lipinski definition) is 5. The van der Waals surface area contributed by atoms with E-state index in [0.29, 0.717) is 6.42 Å². The van der Waals surface area contributed by atoms with Crippen molar-refractivity contribution < 1.29 is 23.0 Å². The molecule has 2 N–H and O–H groups in total. The van der Waals surface area contributed by atoms with Crippen molar-refractivity contribution in [1.29, 1.82) is 0 Å². The zero-order chi connectivity index (χ0) is 15.3. The predicted molar refractivity (Wildman–Crippen MR) is 69.8 cm³/mol. The van der Waals surface area contributed by atoms with Gasteiger partial charge in [-0.05, 0) is 13.0 Å². The van der Waals surface area contributed by atoms with Crippen LogP contribution in [0.4, 0.5) is 14.5 Å². The molecular formula is C13H16F2N2O3. The summed E-state index contributed by atoms with van der Waals surface area (Å²) in [5.74, 6) is -1.14. The number of nitrogens with two attached hydrogens (primary N) is 1. The molecule has 0 saturated carbocycles. The quantitative estimate of drug-likeness (QED) is 0.643. The van der Waals surface area contributed by atoms with Gasteiger partial charge in [-0.1, -0.05) is 6.08 Å². The topological polar surface area (TPSA) is 74.4 Å². The molecule has 0 aliphatic carbocycles. The molecule has 1 aromatic heterocycles. The van der Waals surface area contributed by atoms with Gasteiger partial charge in [0.25, 0.3) is 6.43 Å². The molecule has 1 aromatic rings. The number of ether oxygens (including phenoxy) is 2. The van der Waals surface area contributed by atoms with Crippen LogP contribution in [0.25, 0.3) is 0 Å². The number of rotatable bonds is 6. The fourth-order valence-corrected chi connectivity index (χ4v) is 1.51. The van der Waals surface area contributed by atoms with Crippen molar-refractivity contribution in [3.05, 3.63) is 30.0 Å². The van der Waals surface area contributed by atoms with E-state index < -0.39 is 24.1 Å². The molecular weight excluding hydrogens is 270 g/mol. The number of methoxy groups -OCH3 is 1. The number of nitrogens with zero attached hydrogens (tertiary/aromatic N) is 1. The molecule has 0 spiro atoms. The molecule has 110 valence electrons. The van der Waals surface area contributed by atoms with Crippen molar-refractivity contribution in [2.75, 3.05) is 12.8 Å². The van der Waals surface area contributed by atoms with Crippen LogP contribution >= 0.6 is 0 Å². The summed E-state index contributed by atoms with van der Waals surface area (Å²) in [5, 5.41) is 0. The van der Waals surface area contributed by atoms with Gasteiger partial charge in [0.1, 0.15) is 6.10 Å². The lowest BCUT2D eigenvalue weighted by Crippen LogP contribution is -2.16. The molecule has 1 unspecified atom stereocenters. The predicted octanol–water partition coefficient (Wildman–Crippen LogP) is 2.73. The molecule has 20 heavy (non-hydrogen) atoms. The summed E-state index contributed by atoms with van der Waals surface area (Å²) >= 11 is 0. The summed E-state index contributed by atoms with van der Waals surface area (Å²) in [5.41, 5.74) is 4.62. The number of esters is 1. The Morgan fingerprint density at radius 3 is 2.75 bits per heavy atom. The highest BCUT2D eigenvalue weighted by Gasteiger charge is 2.23. The largest absolute Gasteiger partial charge is 0.474 e. The Hall–Kier alpha value is -2.18. The van der Waals surface area contributed by atoms with Crippen LogP contribution in [-0.2, 0) is 4.74 Å². The van der Waals surface area contributed by atoms with E-state index in [4.69, 9.17) is 10.5 Å². The van der Waals surface area contributed by atoms with Crippen LogP contribution in [0.15, 0.2) is 18.7 Å². The van der Waals surface area contributed by atoms with E-state index in [-0.39, 0.29) is 17.3 Å². The second-order valence-electron chi connectivity index (χ2n) is 4.07. The average molecular weight is 286 g/mol. The number of aromatic nitrogens is 1. The van der Waals surface area contributed by atoms with Crippen LogP contribution in [0.2, 0.25) is 0 Å². The molecule has 0 aliphatic heterocycles. The van der Waals surface area contributed by atoms with Gasteiger partial charge in [0, 0.05) is 6.42 Å². The molecule has 1 atom stereocenters. The number of carbonyl (C=O) groups excluding carboxylic acids is 1. The summed E-state index contributed by atoms with van der Waals surface area (Å²) in [4.78, 5) is 15.2. The Kier molecular flexibility index (Phi) is 5.42. The summed E-state index contributed by atoms with van der Waals surface area (Å²) in [6.07, 6.45) is -1.19. The number of nitrogen functional groups attached to an aromatic ring is 1. The van der Waals surface area contributed by atoms with Crippen LogP contribution in [0.5, 0.6) is 5.88 Å². The van der Waals surface area contributed by atoms with E-state index in [2.05, 4.69) is 16.3 Å². The van der Waals surface area contributed by atoms with Gasteiger partial charge in [0.15, 0.2) is 5.69 Å². The molecule has 5 nitrogen and oxygen atoms in total. The number of hydrogen-bond donors (Lipinski definition) is 1. The van der Waals surface area contributed by atoms with E-state index in [9.17, 15) is 13.6 Å². The van der Waals surface area contributed by atoms with E-state index >= 15 is 0 Å². The van der Waals surface area contributed by atoms with Crippen molar-refractivity contribution >= 4 is 11.7 Å². The lowest BCUT2D eigenvalue weighted by Gasteiger charge is -2.16. The minimum atomic E-state index is -2.82. The Labute approximate surface area is 115 Å². The monoisotopic (exact) mass is 286 g/mol. The molecule has 1 heterocycles. The molecule has 0 bridgehead atoms. The minimum Gasteiger partial charge on any atom is -0.474 e. The first kappa shape index (κ1) is 15.9. The Morgan fingerprint density at radius 1 is 1.60 bits per heavy atom. The Morgan fingerprint density at radius 2 is 2.25 bits per heavy atom. The van der Waals surface area contributed by atoms with Crippen LogP contribution < -0.4 is 10.5 Å². The number of carbonyl (C=O) groups is 1. The number of alkyl halides is 2. The van der Waals surface area contributed by atoms with Gasteiger partial charge in [-0.15, -0.1) is 6.58 Å². The third kappa shape index (κ3) is 3.66. The standard InChI is InChI=1S/C13H16F2N2O3/c1-4-5-7(2)20-12-8(11(14)15)6-9(16)10(17-12)13(18)19-3/h4,6-7,11H,1,5,16H2,2-3H3. The number of pyridine rings is 1. The highest BCUT2D eigenvalue weighted by Crippen LogP contribution is 2.31. The van der Waals surface area contributed by atoms with Gasteiger partial charge in [0.05, 0.1) is 18.4 Å².